The van der Waals surface area contributed by atoms with Crippen LogP contribution in [-0.2, 0) is 20.0 Å². The molecule has 28 heavy (non-hydrogen) atoms. The molecule has 4 rings (SSSR count). The highest BCUT2D eigenvalue weighted by Crippen LogP contribution is 2.38. The van der Waals surface area contributed by atoms with E-state index < -0.39 is 28.1 Å². The van der Waals surface area contributed by atoms with E-state index in [9.17, 15) is 14.4 Å². The number of hydrogen-bond donors (Lipinski definition) is 3. The Hall–Kier alpha value is -3.14. The van der Waals surface area contributed by atoms with Crippen LogP contribution in [0.1, 0.15) is 15.9 Å². The van der Waals surface area contributed by atoms with Crippen molar-refractivity contribution in [2.45, 2.75) is 0 Å². The van der Waals surface area contributed by atoms with E-state index in [1.54, 1.807) is 18.2 Å². The van der Waals surface area contributed by atoms with E-state index in [0.717, 1.165) is 16.7 Å². The smallest absolute Gasteiger partial charge is 0.369 e. The molecule has 1 amide bonds. The molecule has 1 aromatic carbocycles. The van der Waals surface area contributed by atoms with E-state index in [4.69, 9.17) is 23.3 Å². The van der Waals surface area contributed by atoms with E-state index in [-0.39, 0.29) is 11.6 Å². The van der Waals surface area contributed by atoms with E-state index >= 15 is 0 Å². The Morgan fingerprint density at radius 2 is 1.71 bits per heavy atom. The molecule has 2 atom stereocenters. The first-order valence-corrected chi connectivity index (χ1v) is 9.46. The molecule has 4 N–H and O–H groups in total. The maximum absolute atomic E-state index is 12.7. The summed E-state index contributed by atoms with van der Waals surface area (Å²) in [6.45, 7) is 0. The van der Waals surface area contributed by atoms with Gasteiger partial charge in [-0.05, 0) is 28.9 Å². The highest BCUT2D eigenvalue weighted by atomic mass is 32.3. The lowest BCUT2D eigenvalue weighted by Crippen LogP contribution is -2.36. The van der Waals surface area contributed by atoms with Crippen LogP contribution in [0.4, 0.5) is 0 Å². The first-order chi connectivity index (χ1) is 13.1. The number of carbonyl (C=O) groups is 3. The van der Waals surface area contributed by atoms with Gasteiger partial charge in [0.15, 0.2) is 11.6 Å². The molecule has 3 aliphatic carbocycles. The predicted octanol–water partition coefficient (Wildman–Crippen LogP) is 1.34. The molecule has 0 fully saturated rings. The van der Waals surface area contributed by atoms with Crippen molar-refractivity contribution in [1.29, 1.82) is 0 Å². The average molecular weight is 401 g/mol. The second kappa shape index (κ2) is 7.12. The van der Waals surface area contributed by atoms with Crippen LogP contribution < -0.4 is 5.73 Å². The van der Waals surface area contributed by atoms with Crippen LogP contribution in [0.15, 0.2) is 65.3 Å². The summed E-state index contributed by atoms with van der Waals surface area (Å²) in [4.78, 5) is 36.5. The molecule has 0 saturated carbocycles. The predicted molar refractivity (Wildman–Crippen MR) is 99.4 cm³/mol. The molecule has 0 aromatic heterocycles. The third kappa shape index (κ3) is 3.91. The van der Waals surface area contributed by atoms with E-state index in [1.807, 2.05) is 30.4 Å². The lowest BCUT2D eigenvalue weighted by atomic mass is 9.73. The summed E-state index contributed by atoms with van der Waals surface area (Å²) >= 11 is 0. The quantitative estimate of drug-likeness (QED) is 0.474. The molecule has 0 heterocycles. The van der Waals surface area contributed by atoms with Crippen molar-refractivity contribution in [3.05, 3.63) is 76.4 Å². The highest BCUT2D eigenvalue weighted by molar-refractivity contribution is 7.79. The van der Waals surface area contributed by atoms with Crippen LogP contribution in [0.2, 0.25) is 0 Å². The van der Waals surface area contributed by atoms with Gasteiger partial charge in [0, 0.05) is 11.1 Å². The number of ketones is 2. The molecule has 144 valence electrons. The van der Waals surface area contributed by atoms with Crippen molar-refractivity contribution < 1.29 is 31.9 Å². The van der Waals surface area contributed by atoms with Crippen molar-refractivity contribution in [3.8, 4) is 0 Å². The van der Waals surface area contributed by atoms with Gasteiger partial charge in [-0.1, -0.05) is 42.5 Å². The van der Waals surface area contributed by atoms with Crippen molar-refractivity contribution >= 4 is 33.9 Å². The Bertz CT molecular complexity index is 1110. The van der Waals surface area contributed by atoms with Crippen LogP contribution in [0, 0.1) is 11.8 Å². The average Bonchev–Trinajstić information content (AvgIpc) is 2.59. The Balaban J connectivity index is 0.000000403. The fraction of sp³-hybridized carbons (Fsp3) is 0.105. The van der Waals surface area contributed by atoms with Crippen LogP contribution in [0.25, 0.3) is 6.08 Å². The van der Waals surface area contributed by atoms with Gasteiger partial charge in [0.25, 0.3) is 0 Å². The zero-order valence-electron chi connectivity index (χ0n) is 14.3. The number of nitrogens with two attached hydrogens (primary N) is 1. The van der Waals surface area contributed by atoms with Gasteiger partial charge in [0.05, 0.1) is 5.92 Å². The SMILES string of the molecule is NC(=O)C1C=CC2=CC3=Cc4ccccc4C(=O)C3=CC2C1=O.O=S(=O)(O)O. The van der Waals surface area contributed by atoms with Gasteiger partial charge in [0.1, 0.15) is 5.92 Å². The highest BCUT2D eigenvalue weighted by Gasteiger charge is 2.37. The zero-order valence-corrected chi connectivity index (χ0v) is 15.1. The molecule has 9 heteroatoms. The summed E-state index contributed by atoms with van der Waals surface area (Å²) in [5.41, 5.74) is 8.88. The largest absolute Gasteiger partial charge is 0.394 e. The van der Waals surface area contributed by atoms with Crippen molar-refractivity contribution in [1.82, 2.24) is 0 Å². The molecule has 0 aliphatic heterocycles. The molecule has 0 radical (unpaired) electrons. The molecule has 2 unspecified atom stereocenters. The fourth-order valence-electron chi connectivity index (χ4n) is 3.30. The van der Waals surface area contributed by atoms with E-state index in [0.29, 0.717) is 11.1 Å². The summed E-state index contributed by atoms with van der Waals surface area (Å²) in [6, 6.07) is 7.38. The Labute approximate surface area is 160 Å². The Morgan fingerprint density at radius 1 is 1.07 bits per heavy atom. The molecular formula is C19H15NO7S. The minimum absolute atomic E-state index is 0.0913. The first kappa shape index (κ1) is 19.6. The lowest BCUT2D eigenvalue weighted by molar-refractivity contribution is -0.131. The van der Waals surface area contributed by atoms with Crippen LogP contribution >= 0.6 is 0 Å². The summed E-state index contributed by atoms with van der Waals surface area (Å²) in [5.74, 6) is -2.54. The number of benzene rings is 1. The summed E-state index contributed by atoms with van der Waals surface area (Å²) in [6.07, 6.45) is 8.75. The van der Waals surface area contributed by atoms with Gasteiger partial charge in [-0.2, -0.15) is 8.42 Å². The van der Waals surface area contributed by atoms with Crippen molar-refractivity contribution in [2.75, 3.05) is 0 Å². The number of allylic oxidation sites excluding steroid dienone is 6. The molecule has 3 aliphatic rings. The van der Waals surface area contributed by atoms with E-state index in [1.165, 1.54) is 6.08 Å². The number of amides is 1. The summed E-state index contributed by atoms with van der Waals surface area (Å²) in [7, 11) is -4.67. The molecular weight excluding hydrogens is 386 g/mol. The third-order valence-electron chi connectivity index (χ3n) is 4.49. The maximum Gasteiger partial charge on any atom is 0.394 e. The van der Waals surface area contributed by atoms with Gasteiger partial charge in [-0.15, -0.1) is 0 Å². The van der Waals surface area contributed by atoms with E-state index in [2.05, 4.69) is 0 Å². The summed E-state index contributed by atoms with van der Waals surface area (Å²) in [5, 5.41) is 0. The number of hydrogen-bond acceptors (Lipinski definition) is 5. The van der Waals surface area contributed by atoms with Crippen LogP contribution in [0.3, 0.4) is 0 Å². The number of fused-ring (bicyclic) bond motifs is 3. The van der Waals surface area contributed by atoms with Gasteiger partial charge >= 0.3 is 10.4 Å². The fourth-order valence-corrected chi connectivity index (χ4v) is 3.30. The van der Waals surface area contributed by atoms with Crippen LogP contribution in [0.5, 0.6) is 0 Å². The minimum Gasteiger partial charge on any atom is -0.369 e. The lowest BCUT2D eigenvalue weighted by Gasteiger charge is -2.28. The Kier molecular flexibility index (Phi) is 4.99. The number of carbonyl (C=O) groups excluding carboxylic acids is 3. The van der Waals surface area contributed by atoms with Gasteiger partial charge in [0.2, 0.25) is 5.91 Å². The van der Waals surface area contributed by atoms with Crippen LogP contribution in [-0.4, -0.2) is 35.0 Å². The normalized spacial score (nSPS) is 22.4. The zero-order chi connectivity index (χ0) is 20.6. The number of primary amides is 1. The molecule has 0 bridgehead atoms. The second-order valence-electron chi connectivity index (χ2n) is 6.31. The second-order valence-corrected chi connectivity index (χ2v) is 7.20. The maximum atomic E-state index is 12.7. The molecule has 0 saturated heterocycles. The Morgan fingerprint density at radius 3 is 2.36 bits per heavy atom. The topological polar surface area (TPSA) is 152 Å². The number of Topliss-reactive ketones (excluding diaryl/α,β-unsaturated/α-hetero) is 2. The molecule has 1 aromatic rings. The summed E-state index contributed by atoms with van der Waals surface area (Å²) < 4.78 is 31.6. The molecule has 8 nitrogen and oxygen atoms in total. The monoisotopic (exact) mass is 401 g/mol. The standard InChI is InChI=1S/C19H13NO3.H2O4S/c20-19(23)14-6-5-11-8-12-7-10-3-1-2-4-13(10)17(21)16(12)9-15(11)18(14)22;1-5(2,3)4/h1-9,14-15H,(H2,20,23);(H2,1,2,3,4). The molecule has 0 spiro atoms. The first-order valence-electron chi connectivity index (χ1n) is 8.06. The minimum atomic E-state index is -4.67. The van der Waals surface area contributed by atoms with Gasteiger partial charge < -0.3 is 5.73 Å². The third-order valence-corrected chi connectivity index (χ3v) is 4.49. The van der Waals surface area contributed by atoms with Crippen molar-refractivity contribution in [2.24, 2.45) is 17.6 Å². The van der Waals surface area contributed by atoms with Gasteiger partial charge in [-0.25, -0.2) is 0 Å². The number of rotatable bonds is 1. The van der Waals surface area contributed by atoms with Crippen molar-refractivity contribution in [3.63, 3.8) is 0 Å². The van der Waals surface area contributed by atoms with Gasteiger partial charge in [-0.3, -0.25) is 23.5 Å².